The number of carbonyl (C=O) groups is 1. The van der Waals surface area contributed by atoms with Crippen molar-refractivity contribution in [2.75, 3.05) is 26.2 Å². The zero-order valence-corrected chi connectivity index (χ0v) is 12.3. The summed E-state index contributed by atoms with van der Waals surface area (Å²) in [6, 6.07) is 3.42. The molecule has 1 atom stereocenters. The number of amides is 1. The van der Waals surface area contributed by atoms with E-state index in [4.69, 9.17) is 9.52 Å². The Kier molecular flexibility index (Phi) is 6.22. The Balaban J connectivity index is 1.68. The third-order valence-corrected chi connectivity index (χ3v) is 3.91. The largest absolute Gasteiger partial charge is 0.453 e. The SMILES string of the molecule is O=C(NCCCN1CCCCC1CO)c1ccc(CO)o1. The van der Waals surface area contributed by atoms with Gasteiger partial charge in [-0.2, -0.15) is 0 Å². The van der Waals surface area contributed by atoms with Crippen LogP contribution in [0.2, 0.25) is 0 Å². The number of hydrogen-bond donors (Lipinski definition) is 3. The second kappa shape index (κ2) is 8.17. The van der Waals surface area contributed by atoms with Crippen molar-refractivity contribution in [2.45, 2.75) is 38.3 Å². The zero-order valence-electron chi connectivity index (χ0n) is 12.3. The Morgan fingerprint density at radius 3 is 2.95 bits per heavy atom. The number of aliphatic hydroxyl groups excluding tert-OH is 2. The first-order valence-electron chi connectivity index (χ1n) is 7.57. The lowest BCUT2D eigenvalue weighted by atomic mass is 10.0. The fraction of sp³-hybridized carbons (Fsp3) is 0.667. The molecule has 1 unspecified atom stereocenters. The molecule has 1 amide bonds. The summed E-state index contributed by atoms with van der Waals surface area (Å²) in [7, 11) is 0. The maximum absolute atomic E-state index is 11.8. The maximum Gasteiger partial charge on any atom is 0.286 e. The first-order valence-corrected chi connectivity index (χ1v) is 7.57. The van der Waals surface area contributed by atoms with E-state index in [1.165, 1.54) is 12.8 Å². The van der Waals surface area contributed by atoms with E-state index in [2.05, 4.69) is 10.2 Å². The Labute approximate surface area is 124 Å². The highest BCUT2D eigenvalue weighted by Crippen LogP contribution is 2.16. The molecule has 118 valence electrons. The van der Waals surface area contributed by atoms with Crippen LogP contribution < -0.4 is 5.32 Å². The van der Waals surface area contributed by atoms with Gasteiger partial charge < -0.3 is 19.9 Å². The highest BCUT2D eigenvalue weighted by Gasteiger charge is 2.20. The van der Waals surface area contributed by atoms with E-state index < -0.39 is 0 Å². The van der Waals surface area contributed by atoms with Gasteiger partial charge in [-0.25, -0.2) is 0 Å². The second-order valence-electron chi connectivity index (χ2n) is 5.40. The second-order valence-corrected chi connectivity index (χ2v) is 5.40. The van der Waals surface area contributed by atoms with Crippen molar-refractivity contribution in [1.29, 1.82) is 0 Å². The first kappa shape index (κ1) is 16.0. The summed E-state index contributed by atoms with van der Waals surface area (Å²) < 4.78 is 5.17. The Bertz CT molecular complexity index is 447. The van der Waals surface area contributed by atoms with Gasteiger partial charge >= 0.3 is 0 Å². The van der Waals surface area contributed by atoms with Crippen LogP contribution in [0, 0.1) is 0 Å². The Morgan fingerprint density at radius 1 is 1.38 bits per heavy atom. The molecule has 1 fully saturated rings. The number of nitrogens with one attached hydrogen (secondary N) is 1. The summed E-state index contributed by atoms with van der Waals surface area (Å²) in [6.07, 6.45) is 4.26. The zero-order chi connectivity index (χ0) is 15.1. The van der Waals surface area contributed by atoms with Crippen LogP contribution in [0.4, 0.5) is 0 Å². The van der Waals surface area contributed by atoms with E-state index >= 15 is 0 Å². The molecule has 1 aromatic rings. The number of rotatable bonds is 7. The van der Waals surface area contributed by atoms with Crippen LogP contribution in [-0.4, -0.2) is 53.3 Å². The highest BCUT2D eigenvalue weighted by atomic mass is 16.4. The van der Waals surface area contributed by atoms with Gasteiger partial charge in [-0.15, -0.1) is 0 Å². The van der Waals surface area contributed by atoms with Crippen LogP contribution >= 0.6 is 0 Å². The summed E-state index contributed by atoms with van der Waals surface area (Å²) in [5.41, 5.74) is 0. The number of hydrogen-bond acceptors (Lipinski definition) is 5. The molecular weight excluding hydrogens is 272 g/mol. The van der Waals surface area contributed by atoms with Gasteiger partial charge in [0.25, 0.3) is 5.91 Å². The van der Waals surface area contributed by atoms with E-state index in [0.29, 0.717) is 12.3 Å². The van der Waals surface area contributed by atoms with Crippen molar-refractivity contribution >= 4 is 5.91 Å². The lowest BCUT2D eigenvalue weighted by Gasteiger charge is -2.34. The number of likely N-dealkylation sites (tertiary alicyclic amines) is 1. The number of aliphatic hydroxyl groups is 2. The van der Waals surface area contributed by atoms with Crippen molar-refractivity contribution in [3.05, 3.63) is 23.7 Å². The monoisotopic (exact) mass is 296 g/mol. The van der Waals surface area contributed by atoms with E-state index in [1.54, 1.807) is 12.1 Å². The third kappa shape index (κ3) is 4.56. The van der Waals surface area contributed by atoms with Crippen molar-refractivity contribution in [2.24, 2.45) is 0 Å². The van der Waals surface area contributed by atoms with Crippen LogP contribution in [0.3, 0.4) is 0 Å². The number of nitrogens with zero attached hydrogens (tertiary/aromatic N) is 1. The van der Waals surface area contributed by atoms with E-state index in [1.807, 2.05) is 0 Å². The van der Waals surface area contributed by atoms with Gasteiger partial charge in [0.15, 0.2) is 5.76 Å². The molecule has 2 rings (SSSR count). The molecule has 1 aliphatic rings. The van der Waals surface area contributed by atoms with Crippen LogP contribution in [-0.2, 0) is 6.61 Å². The normalized spacial score (nSPS) is 19.6. The van der Waals surface area contributed by atoms with Gasteiger partial charge in [0.2, 0.25) is 0 Å². The number of carbonyl (C=O) groups excluding carboxylic acids is 1. The van der Waals surface area contributed by atoms with Crippen LogP contribution in [0.25, 0.3) is 0 Å². The van der Waals surface area contributed by atoms with Crippen molar-refractivity contribution in [3.63, 3.8) is 0 Å². The minimum Gasteiger partial charge on any atom is -0.453 e. The summed E-state index contributed by atoms with van der Waals surface area (Å²) in [5.74, 6) is 0.358. The predicted molar refractivity (Wildman–Crippen MR) is 77.9 cm³/mol. The first-order chi connectivity index (χ1) is 10.2. The van der Waals surface area contributed by atoms with Crippen molar-refractivity contribution in [1.82, 2.24) is 10.2 Å². The Hall–Kier alpha value is -1.37. The molecule has 1 aliphatic heterocycles. The number of furan rings is 1. The van der Waals surface area contributed by atoms with Gasteiger partial charge in [0, 0.05) is 19.1 Å². The highest BCUT2D eigenvalue weighted by molar-refractivity contribution is 5.91. The van der Waals surface area contributed by atoms with Crippen LogP contribution in [0.1, 0.15) is 42.0 Å². The summed E-state index contributed by atoms with van der Waals surface area (Å²) in [5, 5.41) is 21.0. The standard InChI is InChI=1S/C15H24N2O4/c18-10-12-4-1-2-8-17(12)9-3-7-16-15(20)14-6-5-13(11-19)21-14/h5-6,12,18-19H,1-4,7-11H2,(H,16,20). The predicted octanol–water partition coefficient (Wildman–Crippen LogP) is 0.739. The van der Waals surface area contributed by atoms with Gasteiger partial charge in [-0.1, -0.05) is 6.42 Å². The fourth-order valence-electron chi connectivity index (χ4n) is 2.72. The third-order valence-electron chi connectivity index (χ3n) is 3.91. The molecule has 1 aromatic heterocycles. The quantitative estimate of drug-likeness (QED) is 0.646. The smallest absolute Gasteiger partial charge is 0.286 e. The van der Waals surface area contributed by atoms with Gasteiger partial charge in [0.1, 0.15) is 12.4 Å². The summed E-state index contributed by atoms with van der Waals surface area (Å²) in [6.45, 7) is 2.49. The topological polar surface area (TPSA) is 85.9 Å². The maximum atomic E-state index is 11.8. The molecule has 2 heterocycles. The molecule has 0 saturated carbocycles. The fourth-order valence-corrected chi connectivity index (χ4v) is 2.72. The average Bonchev–Trinajstić information content (AvgIpc) is 3.01. The molecule has 0 aliphatic carbocycles. The summed E-state index contributed by atoms with van der Waals surface area (Å²) in [4.78, 5) is 14.1. The van der Waals surface area contributed by atoms with Crippen LogP contribution in [0.15, 0.2) is 16.5 Å². The molecular formula is C15H24N2O4. The average molecular weight is 296 g/mol. The molecule has 21 heavy (non-hydrogen) atoms. The lowest BCUT2D eigenvalue weighted by Crippen LogP contribution is -2.43. The molecule has 1 saturated heterocycles. The van der Waals surface area contributed by atoms with Crippen molar-refractivity contribution < 1.29 is 19.4 Å². The van der Waals surface area contributed by atoms with E-state index in [9.17, 15) is 9.90 Å². The Morgan fingerprint density at radius 2 is 2.24 bits per heavy atom. The molecule has 0 spiro atoms. The van der Waals surface area contributed by atoms with Crippen molar-refractivity contribution in [3.8, 4) is 0 Å². The van der Waals surface area contributed by atoms with Crippen LogP contribution in [0.5, 0.6) is 0 Å². The minimum atomic E-state index is -0.257. The van der Waals surface area contributed by atoms with Gasteiger partial charge in [-0.3, -0.25) is 9.69 Å². The van der Waals surface area contributed by atoms with Gasteiger partial charge in [0.05, 0.1) is 6.61 Å². The molecule has 3 N–H and O–H groups in total. The van der Waals surface area contributed by atoms with E-state index in [0.717, 1.165) is 25.9 Å². The number of piperidine rings is 1. The van der Waals surface area contributed by atoms with E-state index in [-0.39, 0.29) is 30.9 Å². The molecule has 0 bridgehead atoms. The minimum absolute atomic E-state index is 0.204. The molecule has 0 aromatic carbocycles. The summed E-state index contributed by atoms with van der Waals surface area (Å²) >= 11 is 0. The van der Waals surface area contributed by atoms with Gasteiger partial charge in [-0.05, 0) is 37.9 Å². The lowest BCUT2D eigenvalue weighted by molar-refractivity contribution is 0.0857. The molecule has 0 radical (unpaired) electrons. The molecule has 6 nitrogen and oxygen atoms in total. The molecule has 6 heteroatoms.